The Labute approximate surface area is 143 Å². The first-order valence-corrected chi connectivity index (χ1v) is 8.97. The van der Waals surface area contributed by atoms with Crippen molar-refractivity contribution in [1.29, 1.82) is 0 Å². The van der Waals surface area contributed by atoms with Crippen LogP contribution >= 0.6 is 11.8 Å². The van der Waals surface area contributed by atoms with Crippen LogP contribution in [0.5, 0.6) is 0 Å². The number of hydrogen-bond acceptors (Lipinski definition) is 4. The smallest absolute Gasteiger partial charge is 0.310 e. The van der Waals surface area contributed by atoms with Gasteiger partial charge in [0.25, 0.3) is 0 Å². The lowest BCUT2D eigenvalue weighted by Crippen LogP contribution is -2.40. The van der Waals surface area contributed by atoms with Crippen molar-refractivity contribution in [2.45, 2.75) is 32.2 Å². The predicted octanol–water partition coefficient (Wildman–Crippen LogP) is 2.58. The van der Waals surface area contributed by atoms with Crippen LogP contribution in [0, 0.1) is 12.8 Å². The molecule has 0 bridgehead atoms. The van der Waals surface area contributed by atoms with E-state index in [2.05, 4.69) is 47.0 Å². The van der Waals surface area contributed by atoms with E-state index >= 15 is 0 Å². The number of carbonyl (C=O) groups is 1. The number of thioether (sulfide) groups is 1. The molecule has 5 nitrogen and oxygen atoms in total. The number of carbonyl (C=O) groups excluding carboxylic acids is 1. The second-order valence-corrected chi connectivity index (χ2v) is 6.16. The molecule has 0 radical (unpaired) electrons. The van der Waals surface area contributed by atoms with Crippen LogP contribution in [0.15, 0.2) is 28.1 Å². The molecule has 1 unspecified atom stereocenters. The number of nitrogens with zero attached hydrogens (tertiary/aromatic N) is 1. The van der Waals surface area contributed by atoms with Gasteiger partial charge in [-0.3, -0.25) is 4.79 Å². The number of methoxy groups -OCH3 is 1. The van der Waals surface area contributed by atoms with E-state index in [1.165, 1.54) is 23.1 Å². The summed E-state index contributed by atoms with van der Waals surface area (Å²) in [6.45, 7) is 7.78. The van der Waals surface area contributed by atoms with Crippen LogP contribution in [0.3, 0.4) is 0 Å². The molecule has 0 fully saturated rings. The van der Waals surface area contributed by atoms with Crippen molar-refractivity contribution in [2.75, 3.05) is 26.5 Å². The highest BCUT2D eigenvalue weighted by molar-refractivity contribution is 7.98. The maximum absolute atomic E-state index is 11.5. The highest BCUT2D eigenvalue weighted by atomic mass is 32.2. The van der Waals surface area contributed by atoms with Crippen molar-refractivity contribution in [3.8, 4) is 0 Å². The predicted molar refractivity (Wildman–Crippen MR) is 97.0 cm³/mol. The minimum atomic E-state index is -0.225. The van der Waals surface area contributed by atoms with Crippen LogP contribution in [0.1, 0.15) is 25.0 Å². The second-order valence-electron chi connectivity index (χ2n) is 5.32. The summed E-state index contributed by atoms with van der Waals surface area (Å²) < 4.78 is 4.73. The average molecular weight is 337 g/mol. The third kappa shape index (κ3) is 6.52. The summed E-state index contributed by atoms with van der Waals surface area (Å²) in [5.41, 5.74) is 2.44. The zero-order chi connectivity index (χ0) is 17.2. The molecular weight excluding hydrogens is 310 g/mol. The molecule has 0 aliphatic rings. The van der Waals surface area contributed by atoms with Crippen LogP contribution in [0.4, 0.5) is 0 Å². The standard InChI is InChI=1S/C17H27N3O2S/c1-6-18-17(19-10-13(3)16(21)22-4)20-11-14-8-7-12(2)9-15(14)23-5/h7-9,13H,6,10-11H2,1-5H3,(H2,18,19,20). The summed E-state index contributed by atoms with van der Waals surface area (Å²) in [4.78, 5) is 17.3. The van der Waals surface area contributed by atoms with Crippen LogP contribution in [0.25, 0.3) is 0 Å². The number of guanidine groups is 1. The Morgan fingerprint density at radius 3 is 2.74 bits per heavy atom. The largest absolute Gasteiger partial charge is 0.469 e. The van der Waals surface area contributed by atoms with Gasteiger partial charge in [0.1, 0.15) is 0 Å². The Morgan fingerprint density at radius 2 is 2.13 bits per heavy atom. The van der Waals surface area contributed by atoms with E-state index in [1.807, 2.05) is 13.8 Å². The summed E-state index contributed by atoms with van der Waals surface area (Å²) in [6.07, 6.45) is 2.07. The molecule has 23 heavy (non-hydrogen) atoms. The number of aryl methyl sites for hydroxylation is 1. The molecule has 2 N–H and O–H groups in total. The third-order valence-electron chi connectivity index (χ3n) is 3.37. The first-order chi connectivity index (χ1) is 11.0. The number of ether oxygens (including phenoxy) is 1. The van der Waals surface area contributed by atoms with E-state index in [0.29, 0.717) is 19.0 Å². The molecule has 0 aliphatic heterocycles. The van der Waals surface area contributed by atoms with Gasteiger partial charge in [0, 0.05) is 18.0 Å². The Kier molecular flexibility index (Phi) is 8.55. The molecule has 0 aromatic heterocycles. The summed E-state index contributed by atoms with van der Waals surface area (Å²) in [6, 6.07) is 6.39. The quantitative estimate of drug-likeness (QED) is 0.346. The lowest BCUT2D eigenvalue weighted by molar-refractivity contribution is -0.144. The van der Waals surface area contributed by atoms with Crippen LogP contribution < -0.4 is 10.6 Å². The number of benzene rings is 1. The van der Waals surface area contributed by atoms with Gasteiger partial charge in [0.2, 0.25) is 0 Å². The molecule has 6 heteroatoms. The van der Waals surface area contributed by atoms with E-state index in [-0.39, 0.29) is 11.9 Å². The van der Waals surface area contributed by atoms with Crippen molar-refractivity contribution in [1.82, 2.24) is 10.6 Å². The van der Waals surface area contributed by atoms with Gasteiger partial charge < -0.3 is 15.4 Å². The molecule has 128 valence electrons. The highest BCUT2D eigenvalue weighted by Gasteiger charge is 2.13. The zero-order valence-corrected chi connectivity index (χ0v) is 15.4. The molecule has 1 rings (SSSR count). The number of esters is 1. The van der Waals surface area contributed by atoms with Gasteiger partial charge in [-0.2, -0.15) is 0 Å². The summed E-state index contributed by atoms with van der Waals surface area (Å²) in [5.74, 6) is 0.262. The Morgan fingerprint density at radius 1 is 1.39 bits per heavy atom. The van der Waals surface area contributed by atoms with E-state index in [4.69, 9.17) is 4.74 Å². The first-order valence-electron chi connectivity index (χ1n) is 7.75. The molecule has 0 amide bonds. The van der Waals surface area contributed by atoms with Gasteiger partial charge in [-0.25, -0.2) is 4.99 Å². The normalized spacial score (nSPS) is 12.7. The average Bonchev–Trinajstić information content (AvgIpc) is 2.56. The van der Waals surface area contributed by atoms with Crippen LogP contribution in [-0.4, -0.2) is 38.4 Å². The number of nitrogens with one attached hydrogen (secondary N) is 2. The fourth-order valence-electron chi connectivity index (χ4n) is 2.02. The fraction of sp³-hybridized carbons (Fsp3) is 0.529. The molecule has 1 aromatic rings. The number of hydrogen-bond donors (Lipinski definition) is 2. The lowest BCUT2D eigenvalue weighted by Gasteiger charge is -2.15. The Hall–Kier alpha value is -1.69. The second kappa shape index (κ2) is 10.2. The summed E-state index contributed by atoms with van der Waals surface area (Å²) in [7, 11) is 1.40. The molecule has 1 atom stereocenters. The molecule has 1 aromatic carbocycles. The van der Waals surface area contributed by atoms with Gasteiger partial charge in [-0.1, -0.05) is 19.1 Å². The maximum atomic E-state index is 11.5. The molecule has 0 heterocycles. The van der Waals surface area contributed by atoms with Crippen LogP contribution in [-0.2, 0) is 16.1 Å². The number of aliphatic imine (C=N–C) groups is 1. The zero-order valence-electron chi connectivity index (χ0n) is 14.6. The number of rotatable bonds is 7. The molecule has 0 saturated heterocycles. The summed E-state index contributed by atoms with van der Waals surface area (Å²) in [5, 5.41) is 6.38. The Balaban J connectivity index is 2.73. The van der Waals surface area contributed by atoms with Crippen molar-refractivity contribution in [2.24, 2.45) is 10.9 Å². The Bertz CT molecular complexity index is 547. The SMILES string of the molecule is CCNC(=NCc1ccc(C)cc1SC)NCC(C)C(=O)OC. The molecule has 0 spiro atoms. The van der Waals surface area contributed by atoms with Gasteiger partial charge in [0.15, 0.2) is 5.96 Å². The van der Waals surface area contributed by atoms with Crippen LogP contribution in [0.2, 0.25) is 0 Å². The van der Waals surface area contributed by atoms with Gasteiger partial charge in [-0.15, -0.1) is 11.8 Å². The molecule has 0 aliphatic carbocycles. The van der Waals surface area contributed by atoms with Crippen molar-refractivity contribution in [3.05, 3.63) is 29.3 Å². The van der Waals surface area contributed by atoms with Crippen molar-refractivity contribution >= 4 is 23.7 Å². The van der Waals surface area contributed by atoms with E-state index < -0.39 is 0 Å². The minimum absolute atomic E-state index is 0.218. The van der Waals surface area contributed by atoms with E-state index in [0.717, 1.165) is 6.54 Å². The molecular formula is C17H27N3O2S. The van der Waals surface area contributed by atoms with E-state index in [1.54, 1.807) is 11.8 Å². The van der Waals surface area contributed by atoms with Gasteiger partial charge in [0.05, 0.1) is 19.6 Å². The van der Waals surface area contributed by atoms with Crippen molar-refractivity contribution < 1.29 is 9.53 Å². The monoisotopic (exact) mass is 337 g/mol. The highest BCUT2D eigenvalue weighted by Crippen LogP contribution is 2.22. The van der Waals surface area contributed by atoms with Gasteiger partial charge >= 0.3 is 5.97 Å². The summed E-state index contributed by atoms with van der Waals surface area (Å²) >= 11 is 1.73. The first kappa shape index (κ1) is 19.4. The maximum Gasteiger partial charge on any atom is 0.310 e. The molecule has 0 saturated carbocycles. The van der Waals surface area contributed by atoms with Gasteiger partial charge in [-0.05, 0) is 37.3 Å². The third-order valence-corrected chi connectivity index (χ3v) is 4.19. The van der Waals surface area contributed by atoms with E-state index in [9.17, 15) is 4.79 Å². The fourth-order valence-corrected chi connectivity index (χ4v) is 2.72. The lowest BCUT2D eigenvalue weighted by atomic mass is 10.1. The van der Waals surface area contributed by atoms with Crippen molar-refractivity contribution in [3.63, 3.8) is 0 Å². The topological polar surface area (TPSA) is 62.7 Å². The minimum Gasteiger partial charge on any atom is -0.469 e.